The molecule has 0 unspecified atom stereocenters. The smallest absolute Gasteiger partial charge is 0.408 e. The Balaban J connectivity index is 2.32. The highest BCUT2D eigenvalue weighted by molar-refractivity contribution is 5.69. The molecule has 5 N–H and O–H groups in total. The van der Waals surface area contributed by atoms with Crippen molar-refractivity contribution in [2.75, 3.05) is 6.61 Å². The minimum absolute atomic E-state index is 0.0641. The monoisotopic (exact) mass is 219 g/mol. The summed E-state index contributed by atoms with van der Waals surface area (Å²) >= 11 is 0. The topological polar surface area (TPSA) is 119 Å². The van der Waals surface area contributed by atoms with E-state index in [1.807, 2.05) is 0 Å². The van der Waals surface area contributed by atoms with Crippen LogP contribution in [0.1, 0.15) is 6.42 Å². The molecule has 2 fully saturated rings. The van der Waals surface area contributed by atoms with Gasteiger partial charge in [-0.05, 0) is 0 Å². The van der Waals surface area contributed by atoms with Gasteiger partial charge >= 0.3 is 6.09 Å². The Morgan fingerprint density at radius 3 is 2.67 bits per heavy atom. The second kappa shape index (κ2) is 3.31. The van der Waals surface area contributed by atoms with Crippen LogP contribution >= 0.6 is 0 Å². The molecule has 0 aromatic heterocycles. The average molecular weight is 219 g/mol. The lowest BCUT2D eigenvalue weighted by molar-refractivity contribution is -0.219. The molecular formula is C8H13NO6. The molecule has 0 aromatic rings. The third-order valence-corrected chi connectivity index (χ3v) is 3.06. The van der Waals surface area contributed by atoms with Gasteiger partial charge in [0.1, 0.15) is 18.3 Å². The first-order valence-electron chi connectivity index (χ1n) is 4.65. The Kier molecular flexibility index (Phi) is 2.34. The van der Waals surface area contributed by atoms with E-state index in [0.717, 1.165) is 0 Å². The maximum atomic E-state index is 11.1. The number of ether oxygens (including phenoxy) is 1. The molecule has 2 rings (SSSR count). The van der Waals surface area contributed by atoms with Crippen molar-refractivity contribution in [3.63, 3.8) is 0 Å². The van der Waals surface area contributed by atoms with Gasteiger partial charge in [0.15, 0.2) is 5.60 Å². The summed E-state index contributed by atoms with van der Waals surface area (Å²) in [5.41, 5.74) is -1.51. The Morgan fingerprint density at radius 1 is 1.40 bits per heavy atom. The van der Waals surface area contributed by atoms with Gasteiger partial charge in [0.05, 0.1) is 12.6 Å². The van der Waals surface area contributed by atoms with Gasteiger partial charge in [0.2, 0.25) is 0 Å². The number of rotatable bonds is 1. The van der Waals surface area contributed by atoms with Gasteiger partial charge in [-0.15, -0.1) is 0 Å². The zero-order valence-electron chi connectivity index (χ0n) is 7.83. The molecule has 1 aliphatic heterocycles. The average Bonchev–Trinajstić information content (AvgIpc) is 2.23. The Morgan fingerprint density at radius 2 is 2.07 bits per heavy atom. The molecule has 5 atom stereocenters. The van der Waals surface area contributed by atoms with Crippen LogP contribution < -0.4 is 5.32 Å². The number of alkyl carbamates (subject to hydrolysis) is 1. The van der Waals surface area contributed by atoms with Gasteiger partial charge in [0, 0.05) is 6.42 Å². The molecule has 1 saturated carbocycles. The molecule has 86 valence electrons. The van der Waals surface area contributed by atoms with Crippen LogP contribution in [-0.2, 0) is 4.74 Å². The van der Waals surface area contributed by atoms with E-state index in [2.05, 4.69) is 5.32 Å². The van der Waals surface area contributed by atoms with Crippen LogP contribution in [-0.4, -0.2) is 63.1 Å². The maximum absolute atomic E-state index is 11.1. The highest BCUT2D eigenvalue weighted by atomic mass is 16.6. The predicted octanol–water partition coefficient (Wildman–Crippen LogP) is -2.69. The van der Waals surface area contributed by atoms with Crippen molar-refractivity contribution in [3.8, 4) is 0 Å². The first-order chi connectivity index (χ1) is 7.00. The van der Waals surface area contributed by atoms with Crippen LogP contribution in [0.3, 0.4) is 0 Å². The van der Waals surface area contributed by atoms with Crippen LogP contribution in [0.4, 0.5) is 4.79 Å². The summed E-state index contributed by atoms with van der Waals surface area (Å²) in [7, 11) is 0. The molecule has 2 bridgehead atoms. The molecule has 1 amide bonds. The van der Waals surface area contributed by atoms with Crippen molar-refractivity contribution in [1.82, 2.24) is 5.32 Å². The Hall–Kier alpha value is -0.890. The molecule has 15 heavy (non-hydrogen) atoms. The number of carbonyl (C=O) groups excluding carboxylic acids is 1. The lowest BCUT2D eigenvalue weighted by atomic mass is 9.75. The van der Waals surface area contributed by atoms with E-state index in [4.69, 9.17) is 9.84 Å². The molecule has 1 heterocycles. The summed E-state index contributed by atoms with van der Waals surface area (Å²) < 4.78 is 4.80. The van der Waals surface area contributed by atoms with Crippen molar-refractivity contribution in [1.29, 1.82) is 0 Å². The number of fused-ring (bicyclic) bond motifs is 2. The third-order valence-electron chi connectivity index (χ3n) is 3.06. The van der Waals surface area contributed by atoms with Gasteiger partial charge in [-0.25, -0.2) is 4.79 Å². The van der Waals surface area contributed by atoms with Crippen molar-refractivity contribution in [2.45, 2.75) is 36.4 Å². The standard InChI is InChI=1S/C8H13NO6/c10-2-8-1-3(9-7(14)15-8)4(11)5(12)6(8)13/h3-6,10-13H,1-2H2,(H,9,14)/t3-,4-,5-,6+,8-/m0/s1. The van der Waals surface area contributed by atoms with Crippen LogP contribution in [0.15, 0.2) is 0 Å². The Bertz CT molecular complexity index is 284. The van der Waals surface area contributed by atoms with Gasteiger partial charge in [-0.3, -0.25) is 0 Å². The first kappa shape index (κ1) is 10.6. The van der Waals surface area contributed by atoms with Crippen molar-refractivity contribution in [2.24, 2.45) is 0 Å². The molecule has 2 aliphatic rings. The molecule has 7 heteroatoms. The fraction of sp³-hybridized carbons (Fsp3) is 0.875. The lowest BCUT2D eigenvalue weighted by Gasteiger charge is -2.50. The van der Waals surface area contributed by atoms with Crippen LogP contribution in [0, 0.1) is 0 Å². The summed E-state index contributed by atoms with van der Waals surface area (Å²) in [6.45, 7) is -0.595. The molecule has 0 aromatic carbocycles. The van der Waals surface area contributed by atoms with Crippen molar-refractivity contribution >= 4 is 6.09 Å². The molecule has 1 aliphatic carbocycles. The van der Waals surface area contributed by atoms with E-state index in [1.54, 1.807) is 0 Å². The number of hydrogen-bond donors (Lipinski definition) is 5. The van der Waals surface area contributed by atoms with Crippen molar-refractivity contribution < 1.29 is 30.0 Å². The number of nitrogens with one attached hydrogen (secondary N) is 1. The van der Waals surface area contributed by atoms with E-state index < -0.39 is 42.7 Å². The van der Waals surface area contributed by atoms with Crippen LogP contribution in [0.5, 0.6) is 0 Å². The number of aliphatic hydroxyl groups is 4. The molecule has 0 spiro atoms. The summed E-state index contributed by atoms with van der Waals surface area (Å²) in [5, 5.41) is 40.1. The molecule has 0 radical (unpaired) electrons. The summed E-state index contributed by atoms with van der Waals surface area (Å²) in [6.07, 6.45) is -4.94. The van der Waals surface area contributed by atoms with Crippen LogP contribution in [0.2, 0.25) is 0 Å². The minimum atomic E-state index is -1.51. The second-order valence-electron chi connectivity index (χ2n) is 3.99. The zero-order valence-corrected chi connectivity index (χ0v) is 7.83. The quantitative estimate of drug-likeness (QED) is 0.328. The molecule has 1 saturated heterocycles. The molecule has 7 nitrogen and oxygen atoms in total. The first-order valence-corrected chi connectivity index (χ1v) is 4.65. The number of amides is 1. The fourth-order valence-electron chi connectivity index (χ4n) is 2.14. The number of aliphatic hydroxyl groups excluding tert-OH is 4. The minimum Gasteiger partial charge on any atom is -0.438 e. The zero-order chi connectivity index (χ0) is 11.2. The number of hydrogen-bond acceptors (Lipinski definition) is 6. The normalized spacial score (nSPS) is 49.5. The fourth-order valence-corrected chi connectivity index (χ4v) is 2.14. The highest BCUT2D eigenvalue weighted by Gasteiger charge is 2.57. The predicted molar refractivity (Wildman–Crippen MR) is 45.9 cm³/mol. The van der Waals surface area contributed by atoms with Gasteiger partial charge < -0.3 is 30.5 Å². The summed E-state index contributed by atoms with van der Waals surface area (Å²) in [4.78, 5) is 11.1. The Labute approximate surface area is 85.3 Å². The summed E-state index contributed by atoms with van der Waals surface area (Å²) in [5.74, 6) is 0. The van der Waals surface area contributed by atoms with E-state index in [9.17, 15) is 20.1 Å². The van der Waals surface area contributed by atoms with Crippen molar-refractivity contribution in [3.05, 3.63) is 0 Å². The highest BCUT2D eigenvalue weighted by Crippen LogP contribution is 2.35. The van der Waals surface area contributed by atoms with E-state index in [1.165, 1.54) is 0 Å². The largest absolute Gasteiger partial charge is 0.438 e. The SMILES string of the molecule is O=C1N[C@H]2C[C@@](CO)(O1)[C@H](O)[C@@H](O)[C@H]2O. The summed E-state index contributed by atoms with van der Waals surface area (Å²) in [6, 6.07) is -0.711. The molecular weight excluding hydrogens is 206 g/mol. The van der Waals surface area contributed by atoms with Crippen LogP contribution in [0.25, 0.3) is 0 Å². The van der Waals surface area contributed by atoms with Gasteiger partial charge in [-0.2, -0.15) is 0 Å². The maximum Gasteiger partial charge on any atom is 0.408 e. The lowest BCUT2D eigenvalue weighted by Crippen LogP contribution is -2.72. The van der Waals surface area contributed by atoms with E-state index in [-0.39, 0.29) is 6.42 Å². The van der Waals surface area contributed by atoms with E-state index in [0.29, 0.717) is 0 Å². The van der Waals surface area contributed by atoms with E-state index >= 15 is 0 Å². The van der Waals surface area contributed by atoms with Gasteiger partial charge in [-0.1, -0.05) is 0 Å². The second-order valence-corrected chi connectivity index (χ2v) is 3.99. The number of carbonyl (C=O) groups is 1. The third kappa shape index (κ3) is 1.39. The van der Waals surface area contributed by atoms with Gasteiger partial charge in [0.25, 0.3) is 0 Å².